The molecule has 2 rings (SSSR count). The molecule has 1 N–H and O–H groups in total. The van der Waals surface area contributed by atoms with E-state index in [1.54, 1.807) is 31.4 Å². The van der Waals surface area contributed by atoms with Crippen molar-refractivity contribution in [1.29, 1.82) is 0 Å². The topological polar surface area (TPSA) is 46.9 Å². The zero-order valence-corrected chi connectivity index (χ0v) is 13.3. The van der Waals surface area contributed by atoms with Crippen molar-refractivity contribution in [3.05, 3.63) is 29.3 Å². The Hall–Kier alpha value is -1.62. The zero-order chi connectivity index (χ0) is 15.7. The predicted molar refractivity (Wildman–Crippen MR) is 82.1 cm³/mol. The number of likely N-dealkylation sites (N-methyl/N-ethyl adjacent to an activating group) is 1. The summed E-state index contributed by atoms with van der Waals surface area (Å²) in [7, 11) is 0. The van der Waals surface area contributed by atoms with Crippen LogP contribution in [-0.4, -0.2) is 22.0 Å². The molecule has 114 valence electrons. The molecule has 0 radical (unpaired) electrons. The van der Waals surface area contributed by atoms with E-state index in [1.807, 2.05) is 6.92 Å². The second-order valence-corrected chi connectivity index (χ2v) is 5.77. The number of carbonyl (C=O) groups is 1. The minimum atomic E-state index is -0.462. The molecule has 0 saturated carbocycles. The van der Waals surface area contributed by atoms with Crippen molar-refractivity contribution in [2.75, 3.05) is 6.54 Å². The summed E-state index contributed by atoms with van der Waals surface area (Å²) in [6, 6.07) is 2.63. The molecule has 2 atom stereocenters. The van der Waals surface area contributed by atoms with Crippen LogP contribution >= 0.6 is 11.6 Å². The number of aromatic nitrogens is 2. The number of halogens is 2. The Morgan fingerprint density at radius 3 is 2.71 bits per heavy atom. The average Bonchev–Trinajstić information content (AvgIpc) is 2.77. The van der Waals surface area contributed by atoms with Gasteiger partial charge in [0.25, 0.3) is 0 Å². The first-order chi connectivity index (χ1) is 9.86. The summed E-state index contributed by atoms with van der Waals surface area (Å²) in [5.41, 5.74) is 1.74. The molecule has 21 heavy (non-hydrogen) atoms. The SMILES string of the molecule is CCNC(=O)C(C)n1c(C(C)Cl)nc2cc(F)c(C)cc21. The first-order valence-electron chi connectivity index (χ1n) is 6.96. The molecule has 0 fully saturated rings. The van der Waals surface area contributed by atoms with Crippen LogP contribution in [0.3, 0.4) is 0 Å². The number of nitrogens with zero attached hydrogens (tertiary/aromatic N) is 2. The number of amides is 1. The van der Waals surface area contributed by atoms with Crippen LogP contribution in [0.2, 0.25) is 0 Å². The molecule has 1 heterocycles. The molecule has 0 aliphatic rings. The summed E-state index contributed by atoms with van der Waals surface area (Å²) in [5.74, 6) is 0.138. The highest BCUT2D eigenvalue weighted by atomic mass is 35.5. The standard InChI is InChI=1S/C15H19ClFN3O/c1-5-18-15(21)10(4)20-13-6-8(2)11(17)7-12(13)19-14(20)9(3)16/h6-7,9-10H,5H2,1-4H3,(H,18,21). The van der Waals surface area contributed by atoms with Crippen molar-refractivity contribution < 1.29 is 9.18 Å². The number of nitrogens with one attached hydrogen (secondary N) is 1. The highest BCUT2D eigenvalue weighted by Gasteiger charge is 2.24. The lowest BCUT2D eigenvalue weighted by atomic mass is 10.2. The fourth-order valence-corrected chi connectivity index (χ4v) is 2.52. The van der Waals surface area contributed by atoms with Crippen molar-refractivity contribution in [3.63, 3.8) is 0 Å². The van der Waals surface area contributed by atoms with Crippen LogP contribution in [0.25, 0.3) is 11.0 Å². The third-order valence-corrected chi connectivity index (χ3v) is 3.67. The number of hydrogen-bond donors (Lipinski definition) is 1. The quantitative estimate of drug-likeness (QED) is 0.879. The number of alkyl halides is 1. The minimum Gasteiger partial charge on any atom is -0.355 e. The van der Waals surface area contributed by atoms with Crippen molar-refractivity contribution in [2.45, 2.75) is 39.1 Å². The number of hydrogen-bond acceptors (Lipinski definition) is 2. The van der Waals surface area contributed by atoms with Gasteiger partial charge in [-0.15, -0.1) is 11.6 Å². The van der Waals surface area contributed by atoms with Gasteiger partial charge in [0.1, 0.15) is 17.7 Å². The summed E-state index contributed by atoms with van der Waals surface area (Å²) in [5, 5.41) is 2.41. The molecule has 1 aromatic carbocycles. The van der Waals surface area contributed by atoms with Gasteiger partial charge in [-0.05, 0) is 39.3 Å². The van der Waals surface area contributed by atoms with Gasteiger partial charge in [0.05, 0.1) is 16.4 Å². The second-order valence-electron chi connectivity index (χ2n) is 5.12. The van der Waals surface area contributed by atoms with Crippen LogP contribution in [0.1, 0.15) is 43.6 Å². The lowest BCUT2D eigenvalue weighted by Gasteiger charge is -2.18. The van der Waals surface area contributed by atoms with Crippen LogP contribution in [-0.2, 0) is 4.79 Å². The number of imidazole rings is 1. The van der Waals surface area contributed by atoms with Crippen LogP contribution in [0.4, 0.5) is 4.39 Å². The first-order valence-corrected chi connectivity index (χ1v) is 7.40. The van der Waals surface area contributed by atoms with E-state index in [0.717, 1.165) is 5.52 Å². The number of benzene rings is 1. The van der Waals surface area contributed by atoms with Gasteiger partial charge >= 0.3 is 0 Å². The molecule has 0 spiro atoms. The Morgan fingerprint density at radius 1 is 1.48 bits per heavy atom. The fourth-order valence-electron chi connectivity index (χ4n) is 2.37. The van der Waals surface area contributed by atoms with Crippen LogP contribution in [0.15, 0.2) is 12.1 Å². The highest BCUT2D eigenvalue weighted by Crippen LogP contribution is 2.29. The lowest BCUT2D eigenvalue weighted by molar-refractivity contribution is -0.123. The molecule has 2 aromatic rings. The third-order valence-electron chi connectivity index (χ3n) is 3.47. The summed E-state index contributed by atoms with van der Waals surface area (Å²) in [6.45, 7) is 7.67. The average molecular weight is 312 g/mol. The molecule has 0 saturated heterocycles. The lowest BCUT2D eigenvalue weighted by Crippen LogP contribution is -2.31. The maximum absolute atomic E-state index is 13.7. The Kier molecular flexibility index (Phi) is 4.52. The van der Waals surface area contributed by atoms with Gasteiger partial charge < -0.3 is 9.88 Å². The van der Waals surface area contributed by atoms with E-state index in [9.17, 15) is 9.18 Å². The van der Waals surface area contributed by atoms with E-state index < -0.39 is 6.04 Å². The van der Waals surface area contributed by atoms with Gasteiger partial charge in [-0.3, -0.25) is 4.79 Å². The van der Waals surface area contributed by atoms with E-state index in [2.05, 4.69) is 10.3 Å². The summed E-state index contributed by atoms with van der Waals surface area (Å²) in [4.78, 5) is 16.5. The van der Waals surface area contributed by atoms with Crippen molar-refractivity contribution in [2.24, 2.45) is 0 Å². The fraction of sp³-hybridized carbons (Fsp3) is 0.467. The van der Waals surface area contributed by atoms with Gasteiger partial charge in [0.15, 0.2) is 0 Å². The maximum Gasteiger partial charge on any atom is 0.242 e. The van der Waals surface area contributed by atoms with E-state index in [4.69, 9.17) is 11.6 Å². The van der Waals surface area contributed by atoms with Crippen molar-refractivity contribution in [3.8, 4) is 0 Å². The number of carbonyl (C=O) groups excluding carboxylic acids is 1. The van der Waals surface area contributed by atoms with E-state index in [0.29, 0.717) is 23.4 Å². The minimum absolute atomic E-state index is 0.114. The molecule has 6 heteroatoms. The molecule has 4 nitrogen and oxygen atoms in total. The number of fused-ring (bicyclic) bond motifs is 1. The third kappa shape index (κ3) is 2.88. The summed E-state index contributed by atoms with van der Waals surface area (Å²) >= 11 is 6.18. The molecular weight excluding hydrogens is 293 g/mol. The van der Waals surface area contributed by atoms with Crippen LogP contribution in [0, 0.1) is 12.7 Å². The normalized spacial score (nSPS) is 14.2. The largest absolute Gasteiger partial charge is 0.355 e. The van der Waals surface area contributed by atoms with Crippen molar-refractivity contribution in [1.82, 2.24) is 14.9 Å². The van der Waals surface area contributed by atoms with Crippen molar-refractivity contribution >= 4 is 28.5 Å². The first kappa shape index (κ1) is 15.8. The maximum atomic E-state index is 13.7. The predicted octanol–water partition coefficient (Wildman–Crippen LogP) is 3.48. The molecule has 0 aliphatic heterocycles. The Balaban J connectivity index is 2.66. The monoisotopic (exact) mass is 311 g/mol. The molecular formula is C15H19ClFN3O. The molecule has 1 aromatic heterocycles. The smallest absolute Gasteiger partial charge is 0.242 e. The Morgan fingerprint density at radius 2 is 2.14 bits per heavy atom. The van der Waals surface area contributed by atoms with Gasteiger partial charge in [-0.1, -0.05) is 0 Å². The summed E-state index contributed by atoms with van der Waals surface area (Å²) < 4.78 is 15.5. The molecule has 0 aliphatic carbocycles. The number of rotatable bonds is 4. The second kappa shape index (κ2) is 6.02. The molecule has 2 unspecified atom stereocenters. The van der Waals surface area contributed by atoms with E-state index in [-0.39, 0.29) is 17.1 Å². The van der Waals surface area contributed by atoms with E-state index >= 15 is 0 Å². The van der Waals surface area contributed by atoms with Crippen LogP contribution in [0.5, 0.6) is 0 Å². The van der Waals surface area contributed by atoms with Gasteiger partial charge in [0, 0.05) is 12.6 Å². The van der Waals surface area contributed by atoms with Crippen LogP contribution < -0.4 is 5.32 Å². The van der Waals surface area contributed by atoms with Gasteiger partial charge in [-0.2, -0.15) is 0 Å². The van der Waals surface area contributed by atoms with Gasteiger partial charge in [0.2, 0.25) is 5.91 Å². The Bertz CT molecular complexity index is 681. The molecule has 1 amide bonds. The van der Waals surface area contributed by atoms with Gasteiger partial charge in [-0.25, -0.2) is 9.37 Å². The summed E-state index contributed by atoms with van der Waals surface area (Å²) in [6.07, 6.45) is 0. The Labute approximate surface area is 128 Å². The number of aryl methyl sites for hydroxylation is 1. The van der Waals surface area contributed by atoms with E-state index in [1.165, 1.54) is 6.07 Å². The highest BCUT2D eigenvalue weighted by molar-refractivity contribution is 6.20. The molecule has 0 bridgehead atoms. The zero-order valence-electron chi connectivity index (χ0n) is 12.6.